The molecule has 0 amide bonds. The molecular weight excluding hydrogens is 176 g/mol. The van der Waals surface area contributed by atoms with E-state index in [9.17, 15) is 0 Å². The molecule has 14 heavy (non-hydrogen) atoms. The fourth-order valence-corrected chi connectivity index (χ4v) is 2.96. The average molecular weight is 196 g/mol. The minimum atomic E-state index is -0.139. The van der Waals surface area contributed by atoms with Crippen LogP contribution < -0.4 is 0 Å². The van der Waals surface area contributed by atoms with E-state index in [-0.39, 0.29) is 5.79 Å². The van der Waals surface area contributed by atoms with Gasteiger partial charge in [-0.05, 0) is 31.1 Å². The second-order valence-corrected chi connectivity index (χ2v) is 5.23. The predicted molar refractivity (Wildman–Crippen MR) is 53.9 cm³/mol. The Hall–Kier alpha value is -0.0800. The standard InChI is InChI=1S/C12H20O2/c1-2-10(1)9-11-3-5-12(6-4-11)13-7-8-14-12/h10-11H,1-9H2. The summed E-state index contributed by atoms with van der Waals surface area (Å²) in [6, 6.07) is 0. The highest BCUT2D eigenvalue weighted by Crippen LogP contribution is 2.44. The van der Waals surface area contributed by atoms with Crippen LogP contribution in [0.3, 0.4) is 0 Å². The maximum atomic E-state index is 5.73. The fraction of sp³-hybridized carbons (Fsp3) is 1.00. The van der Waals surface area contributed by atoms with Gasteiger partial charge < -0.3 is 9.47 Å². The van der Waals surface area contributed by atoms with Crippen molar-refractivity contribution in [1.82, 2.24) is 0 Å². The molecule has 0 atom stereocenters. The molecule has 0 aromatic carbocycles. The molecule has 3 fully saturated rings. The molecule has 0 N–H and O–H groups in total. The van der Waals surface area contributed by atoms with Gasteiger partial charge in [-0.15, -0.1) is 0 Å². The smallest absolute Gasteiger partial charge is 0.168 e. The first-order valence-electron chi connectivity index (χ1n) is 6.14. The molecule has 0 radical (unpaired) electrons. The van der Waals surface area contributed by atoms with Crippen molar-refractivity contribution in [3.8, 4) is 0 Å². The van der Waals surface area contributed by atoms with Crippen molar-refractivity contribution in [2.75, 3.05) is 13.2 Å². The molecule has 2 heteroatoms. The first kappa shape index (κ1) is 9.17. The van der Waals surface area contributed by atoms with Gasteiger partial charge in [0.05, 0.1) is 13.2 Å². The lowest BCUT2D eigenvalue weighted by Gasteiger charge is -2.35. The molecule has 1 aliphatic heterocycles. The summed E-state index contributed by atoms with van der Waals surface area (Å²) >= 11 is 0. The maximum Gasteiger partial charge on any atom is 0.168 e. The molecule has 2 saturated carbocycles. The summed E-state index contributed by atoms with van der Waals surface area (Å²) in [5.74, 6) is 1.92. The van der Waals surface area contributed by atoms with Crippen LogP contribution in [0.4, 0.5) is 0 Å². The van der Waals surface area contributed by atoms with E-state index in [2.05, 4.69) is 0 Å². The number of hydrogen-bond donors (Lipinski definition) is 0. The van der Waals surface area contributed by atoms with E-state index < -0.39 is 0 Å². The molecule has 2 aliphatic carbocycles. The molecule has 0 aromatic heterocycles. The predicted octanol–water partition coefficient (Wildman–Crippen LogP) is 2.72. The summed E-state index contributed by atoms with van der Waals surface area (Å²) in [5.41, 5.74) is 0. The Kier molecular flexibility index (Phi) is 2.29. The van der Waals surface area contributed by atoms with Crippen LogP contribution in [0.2, 0.25) is 0 Å². The van der Waals surface area contributed by atoms with Gasteiger partial charge in [0.25, 0.3) is 0 Å². The van der Waals surface area contributed by atoms with Crippen LogP contribution in [0, 0.1) is 11.8 Å². The van der Waals surface area contributed by atoms with Gasteiger partial charge in [-0.3, -0.25) is 0 Å². The van der Waals surface area contributed by atoms with Crippen LogP contribution in [-0.2, 0) is 9.47 Å². The van der Waals surface area contributed by atoms with Gasteiger partial charge >= 0.3 is 0 Å². The second-order valence-electron chi connectivity index (χ2n) is 5.23. The molecule has 3 aliphatic rings. The zero-order valence-electron chi connectivity index (χ0n) is 8.84. The quantitative estimate of drug-likeness (QED) is 0.676. The summed E-state index contributed by atoms with van der Waals surface area (Å²) in [5, 5.41) is 0. The lowest BCUT2D eigenvalue weighted by molar-refractivity contribution is -0.182. The van der Waals surface area contributed by atoms with E-state index in [0.29, 0.717) is 0 Å². The van der Waals surface area contributed by atoms with Crippen LogP contribution in [0.1, 0.15) is 44.9 Å². The van der Waals surface area contributed by atoms with E-state index in [4.69, 9.17) is 9.47 Å². The maximum absolute atomic E-state index is 5.73. The Morgan fingerprint density at radius 1 is 0.857 bits per heavy atom. The Labute approximate surface area is 86.0 Å². The lowest BCUT2D eigenvalue weighted by Crippen LogP contribution is -2.35. The minimum Gasteiger partial charge on any atom is -0.348 e. The van der Waals surface area contributed by atoms with Gasteiger partial charge in [-0.2, -0.15) is 0 Å². The van der Waals surface area contributed by atoms with Crippen molar-refractivity contribution >= 4 is 0 Å². The Balaban J connectivity index is 1.50. The van der Waals surface area contributed by atoms with Gasteiger partial charge in [-0.1, -0.05) is 12.8 Å². The van der Waals surface area contributed by atoms with Crippen molar-refractivity contribution in [2.45, 2.75) is 50.7 Å². The molecule has 1 saturated heterocycles. The second kappa shape index (κ2) is 3.49. The molecule has 3 rings (SSSR count). The van der Waals surface area contributed by atoms with E-state index >= 15 is 0 Å². The highest BCUT2D eigenvalue weighted by Gasteiger charge is 2.41. The fourth-order valence-electron chi connectivity index (χ4n) is 2.96. The molecule has 0 unspecified atom stereocenters. The number of rotatable bonds is 2. The van der Waals surface area contributed by atoms with Crippen LogP contribution in [0.5, 0.6) is 0 Å². The Morgan fingerprint density at radius 3 is 2.00 bits per heavy atom. The summed E-state index contributed by atoms with van der Waals surface area (Å²) in [6.45, 7) is 1.63. The Morgan fingerprint density at radius 2 is 1.43 bits per heavy atom. The van der Waals surface area contributed by atoms with Crippen molar-refractivity contribution in [3.05, 3.63) is 0 Å². The van der Waals surface area contributed by atoms with Crippen molar-refractivity contribution in [3.63, 3.8) is 0 Å². The number of hydrogen-bond acceptors (Lipinski definition) is 2. The highest BCUT2D eigenvalue weighted by atomic mass is 16.7. The first-order chi connectivity index (χ1) is 6.86. The minimum absolute atomic E-state index is 0.139. The molecule has 2 nitrogen and oxygen atoms in total. The summed E-state index contributed by atoms with van der Waals surface area (Å²) < 4.78 is 11.5. The van der Waals surface area contributed by atoms with E-state index in [1.54, 1.807) is 0 Å². The van der Waals surface area contributed by atoms with E-state index in [1.165, 1.54) is 32.1 Å². The molecular formula is C12H20O2. The molecule has 0 bridgehead atoms. The monoisotopic (exact) mass is 196 g/mol. The SMILES string of the molecule is C1COC2(CCC(CC3CC3)CC2)O1. The zero-order valence-corrected chi connectivity index (χ0v) is 8.84. The summed E-state index contributed by atoms with van der Waals surface area (Å²) in [6.07, 6.45) is 9.42. The van der Waals surface area contributed by atoms with Crippen LogP contribution in [0.25, 0.3) is 0 Å². The first-order valence-corrected chi connectivity index (χ1v) is 6.14. The third-order valence-corrected chi connectivity index (χ3v) is 4.04. The largest absolute Gasteiger partial charge is 0.348 e. The van der Waals surface area contributed by atoms with Crippen molar-refractivity contribution < 1.29 is 9.47 Å². The third-order valence-electron chi connectivity index (χ3n) is 4.04. The van der Waals surface area contributed by atoms with Crippen LogP contribution in [-0.4, -0.2) is 19.0 Å². The number of ether oxygens (including phenoxy) is 2. The Bertz CT molecular complexity index is 194. The van der Waals surface area contributed by atoms with Crippen LogP contribution in [0.15, 0.2) is 0 Å². The van der Waals surface area contributed by atoms with Crippen LogP contribution >= 0.6 is 0 Å². The van der Waals surface area contributed by atoms with Gasteiger partial charge in [0, 0.05) is 12.8 Å². The summed E-state index contributed by atoms with van der Waals surface area (Å²) in [7, 11) is 0. The van der Waals surface area contributed by atoms with Gasteiger partial charge in [0.15, 0.2) is 5.79 Å². The third kappa shape index (κ3) is 1.82. The molecule has 1 heterocycles. The summed E-state index contributed by atoms with van der Waals surface area (Å²) in [4.78, 5) is 0. The van der Waals surface area contributed by atoms with Gasteiger partial charge in [0.1, 0.15) is 0 Å². The van der Waals surface area contributed by atoms with Gasteiger partial charge in [-0.25, -0.2) is 0 Å². The molecule has 1 spiro atoms. The van der Waals surface area contributed by atoms with Gasteiger partial charge in [0.2, 0.25) is 0 Å². The average Bonchev–Trinajstić information content (AvgIpc) is 2.91. The van der Waals surface area contributed by atoms with E-state index in [0.717, 1.165) is 37.9 Å². The van der Waals surface area contributed by atoms with Crippen molar-refractivity contribution in [2.24, 2.45) is 11.8 Å². The topological polar surface area (TPSA) is 18.5 Å². The molecule has 80 valence electrons. The molecule has 0 aromatic rings. The zero-order chi connectivity index (χ0) is 9.43. The van der Waals surface area contributed by atoms with Crippen molar-refractivity contribution in [1.29, 1.82) is 0 Å². The lowest BCUT2D eigenvalue weighted by atomic mass is 9.82. The van der Waals surface area contributed by atoms with E-state index in [1.807, 2.05) is 0 Å². The highest BCUT2D eigenvalue weighted by molar-refractivity contribution is 4.85. The normalized spacial score (nSPS) is 32.6.